The summed E-state index contributed by atoms with van der Waals surface area (Å²) < 4.78 is 0.336. The largest absolute Gasteiger partial charge is 0.269 e. The summed E-state index contributed by atoms with van der Waals surface area (Å²) in [5, 5.41) is 0. The van der Waals surface area contributed by atoms with Gasteiger partial charge in [-0.1, -0.05) is 54.6 Å². The fraction of sp³-hybridized carbons (Fsp3) is 0.111. The maximum absolute atomic E-state index is 12.7. The molecule has 0 saturated carbocycles. The molecule has 3 nitrogen and oxygen atoms in total. The molecule has 0 unspecified atom stereocenters. The van der Waals surface area contributed by atoms with E-state index in [1.54, 1.807) is 0 Å². The van der Waals surface area contributed by atoms with Gasteiger partial charge >= 0.3 is 0 Å². The summed E-state index contributed by atoms with van der Waals surface area (Å²) in [6, 6.07) is 17.1. The van der Waals surface area contributed by atoms with Crippen LogP contribution in [0.2, 0.25) is 0 Å². The second-order valence-corrected chi connectivity index (χ2v) is 5.98. The van der Waals surface area contributed by atoms with Gasteiger partial charge in [0.15, 0.2) is 0 Å². The minimum absolute atomic E-state index is 0.255. The summed E-state index contributed by atoms with van der Waals surface area (Å²) in [4.78, 5) is 26.4. The maximum Gasteiger partial charge on any atom is 0.268 e. The molecule has 3 rings (SSSR count). The zero-order valence-electron chi connectivity index (χ0n) is 12.0. The zero-order valence-corrected chi connectivity index (χ0v) is 13.6. The molecule has 0 saturated heterocycles. The molecule has 0 atom stereocenters. The van der Waals surface area contributed by atoms with E-state index in [0.717, 1.165) is 16.7 Å². The number of carbonyl (C=O) groups is 2. The van der Waals surface area contributed by atoms with Gasteiger partial charge in [-0.3, -0.25) is 14.5 Å². The molecule has 0 aromatic heterocycles. The molecule has 4 heteroatoms. The SMILES string of the molecule is Cc1ccccc1C1=C(Br)C(=O)N(Cc2ccccc2)C1=O. The third-order valence-electron chi connectivity index (χ3n) is 3.71. The van der Waals surface area contributed by atoms with Crippen molar-refractivity contribution in [1.82, 2.24) is 4.90 Å². The number of hydrogen-bond acceptors (Lipinski definition) is 2. The Hall–Kier alpha value is -2.20. The minimum Gasteiger partial charge on any atom is -0.269 e. The lowest BCUT2D eigenvalue weighted by Crippen LogP contribution is -2.30. The Bertz CT molecular complexity index is 781. The van der Waals surface area contributed by atoms with Crippen molar-refractivity contribution >= 4 is 33.3 Å². The highest BCUT2D eigenvalue weighted by atomic mass is 79.9. The third kappa shape index (κ3) is 2.50. The summed E-state index contributed by atoms with van der Waals surface area (Å²) in [5.74, 6) is -0.540. The number of benzene rings is 2. The van der Waals surface area contributed by atoms with Gasteiger partial charge in [-0.05, 0) is 39.5 Å². The Morgan fingerprint density at radius 3 is 2.23 bits per heavy atom. The molecule has 0 aliphatic carbocycles. The van der Waals surface area contributed by atoms with Gasteiger partial charge in [0, 0.05) is 0 Å². The van der Waals surface area contributed by atoms with Crippen molar-refractivity contribution in [3.63, 3.8) is 0 Å². The summed E-state index contributed by atoms with van der Waals surface area (Å²) >= 11 is 3.30. The van der Waals surface area contributed by atoms with Crippen molar-refractivity contribution in [3.8, 4) is 0 Å². The predicted molar refractivity (Wildman–Crippen MR) is 89.0 cm³/mol. The summed E-state index contributed by atoms with van der Waals surface area (Å²) in [6.45, 7) is 2.21. The van der Waals surface area contributed by atoms with E-state index >= 15 is 0 Å². The van der Waals surface area contributed by atoms with Gasteiger partial charge in [-0.25, -0.2) is 0 Å². The van der Waals surface area contributed by atoms with E-state index in [0.29, 0.717) is 10.1 Å². The number of carbonyl (C=O) groups excluding carboxylic acids is 2. The predicted octanol–water partition coefficient (Wildman–Crippen LogP) is 3.67. The first-order valence-corrected chi connectivity index (χ1v) is 7.75. The van der Waals surface area contributed by atoms with Gasteiger partial charge < -0.3 is 0 Å². The molecule has 0 bridgehead atoms. The first-order valence-electron chi connectivity index (χ1n) is 6.95. The van der Waals surface area contributed by atoms with Crippen LogP contribution in [0.15, 0.2) is 59.1 Å². The van der Waals surface area contributed by atoms with Gasteiger partial charge in [0.05, 0.1) is 16.6 Å². The van der Waals surface area contributed by atoms with Crippen LogP contribution in [0.4, 0.5) is 0 Å². The van der Waals surface area contributed by atoms with Crippen molar-refractivity contribution in [2.75, 3.05) is 0 Å². The lowest BCUT2D eigenvalue weighted by Gasteiger charge is -2.15. The number of aryl methyl sites for hydroxylation is 1. The summed E-state index contributed by atoms with van der Waals surface area (Å²) in [7, 11) is 0. The fourth-order valence-electron chi connectivity index (χ4n) is 2.54. The van der Waals surface area contributed by atoms with Crippen molar-refractivity contribution in [2.24, 2.45) is 0 Å². The van der Waals surface area contributed by atoms with Gasteiger partial charge in [-0.2, -0.15) is 0 Å². The molecule has 2 amide bonds. The van der Waals surface area contributed by atoms with E-state index in [-0.39, 0.29) is 18.4 Å². The molecular weight excluding hydrogens is 342 g/mol. The van der Waals surface area contributed by atoms with Crippen LogP contribution in [-0.4, -0.2) is 16.7 Å². The smallest absolute Gasteiger partial charge is 0.268 e. The van der Waals surface area contributed by atoms with Gasteiger partial charge in [0.25, 0.3) is 11.8 Å². The molecule has 1 heterocycles. The highest BCUT2D eigenvalue weighted by Gasteiger charge is 2.38. The van der Waals surface area contributed by atoms with Crippen molar-refractivity contribution in [1.29, 1.82) is 0 Å². The second-order valence-electron chi connectivity index (χ2n) is 5.19. The van der Waals surface area contributed by atoms with Crippen LogP contribution in [0.3, 0.4) is 0 Å². The summed E-state index contributed by atoms with van der Waals surface area (Å²) in [5.41, 5.74) is 3.13. The molecule has 0 spiro atoms. The molecular formula is C18H14BrNO2. The van der Waals surface area contributed by atoms with Gasteiger partial charge in [-0.15, -0.1) is 0 Å². The van der Waals surface area contributed by atoms with E-state index in [4.69, 9.17) is 0 Å². The Kier molecular flexibility index (Phi) is 3.94. The maximum atomic E-state index is 12.7. The standard InChI is InChI=1S/C18H14BrNO2/c1-12-7-5-6-10-14(12)15-16(19)18(22)20(17(15)21)11-13-8-3-2-4-9-13/h2-10H,11H2,1H3. The van der Waals surface area contributed by atoms with E-state index < -0.39 is 0 Å². The number of hydrogen-bond donors (Lipinski definition) is 0. The molecule has 0 radical (unpaired) electrons. The zero-order chi connectivity index (χ0) is 15.7. The Labute approximate surface area is 137 Å². The van der Waals surface area contributed by atoms with Gasteiger partial charge in [0.1, 0.15) is 0 Å². The van der Waals surface area contributed by atoms with Crippen LogP contribution in [0.25, 0.3) is 5.57 Å². The normalized spacial score (nSPS) is 14.9. The average molecular weight is 356 g/mol. The fourth-order valence-corrected chi connectivity index (χ4v) is 3.14. The highest BCUT2D eigenvalue weighted by molar-refractivity contribution is 9.12. The lowest BCUT2D eigenvalue weighted by atomic mass is 10.0. The topological polar surface area (TPSA) is 37.4 Å². The Morgan fingerprint density at radius 2 is 1.55 bits per heavy atom. The second kappa shape index (κ2) is 5.89. The number of imide groups is 1. The first-order chi connectivity index (χ1) is 10.6. The summed E-state index contributed by atoms with van der Waals surface area (Å²) in [6.07, 6.45) is 0. The quantitative estimate of drug-likeness (QED) is 0.787. The molecule has 110 valence electrons. The van der Waals surface area contributed by atoms with Crippen LogP contribution >= 0.6 is 15.9 Å². The van der Waals surface area contributed by atoms with Crippen LogP contribution in [0.1, 0.15) is 16.7 Å². The van der Waals surface area contributed by atoms with Crippen LogP contribution in [0, 0.1) is 6.92 Å². The van der Waals surface area contributed by atoms with Crippen molar-refractivity contribution in [2.45, 2.75) is 13.5 Å². The molecule has 1 aliphatic rings. The van der Waals surface area contributed by atoms with E-state index in [9.17, 15) is 9.59 Å². The van der Waals surface area contributed by atoms with E-state index in [2.05, 4.69) is 15.9 Å². The van der Waals surface area contributed by atoms with Gasteiger partial charge in [0.2, 0.25) is 0 Å². The van der Waals surface area contributed by atoms with Crippen LogP contribution in [-0.2, 0) is 16.1 Å². The molecule has 2 aromatic carbocycles. The molecule has 2 aromatic rings. The number of amides is 2. The van der Waals surface area contributed by atoms with Crippen molar-refractivity contribution < 1.29 is 9.59 Å². The van der Waals surface area contributed by atoms with E-state index in [1.807, 2.05) is 61.5 Å². The third-order valence-corrected chi connectivity index (χ3v) is 4.45. The number of rotatable bonds is 3. The first kappa shape index (κ1) is 14.7. The Balaban J connectivity index is 1.96. The molecule has 1 aliphatic heterocycles. The highest BCUT2D eigenvalue weighted by Crippen LogP contribution is 2.34. The van der Waals surface area contributed by atoms with Crippen LogP contribution < -0.4 is 0 Å². The van der Waals surface area contributed by atoms with Crippen molar-refractivity contribution in [3.05, 3.63) is 75.8 Å². The van der Waals surface area contributed by atoms with E-state index in [1.165, 1.54) is 4.90 Å². The number of nitrogens with zero attached hydrogens (tertiary/aromatic N) is 1. The molecule has 0 N–H and O–H groups in total. The minimum atomic E-state index is -0.285. The molecule has 22 heavy (non-hydrogen) atoms. The molecule has 0 fully saturated rings. The number of halogens is 1. The Morgan fingerprint density at radius 1 is 0.909 bits per heavy atom. The monoisotopic (exact) mass is 355 g/mol. The lowest BCUT2D eigenvalue weighted by molar-refractivity contribution is -0.137. The average Bonchev–Trinajstić information content (AvgIpc) is 2.73. The van der Waals surface area contributed by atoms with Crippen LogP contribution in [0.5, 0.6) is 0 Å².